The van der Waals surface area contributed by atoms with Gasteiger partial charge in [-0.15, -0.1) is 0 Å². The Hall–Kier alpha value is -3.12. The highest BCUT2D eigenvalue weighted by Crippen LogP contribution is 2.33. The van der Waals surface area contributed by atoms with Crippen molar-refractivity contribution in [2.45, 2.75) is 29.6 Å². The molecule has 0 unspecified atom stereocenters. The summed E-state index contributed by atoms with van der Waals surface area (Å²) in [5.41, 5.74) is 0.796. The fraction of sp³-hybridized carbons (Fsp3) is 0.222. The van der Waals surface area contributed by atoms with Gasteiger partial charge in [-0.2, -0.15) is 9.49 Å². The summed E-state index contributed by atoms with van der Waals surface area (Å²) in [6.07, 6.45) is 3.92. The van der Waals surface area contributed by atoms with Crippen molar-refractivity contribution in [2.75, 3.05) is 5.32 Å². The average molecular weight is 449 g/mol. The maximum atomic E-state index is 13.2. The van der Waals surface area contributed by atoms with Gasteiger partial charge in [-0.3, -0.25) is 15.2 Å². The van der Waals surface area contributed by atoms with Gasteiger partial charge >= 0.3 is 0 Å². The third kappa shape index (κ3) is 4.54. The number of thiazole rings is 1. The molecule has 0 atom stereocenters. The molecular formula is C18H16FN5O4S2. The van der Waals surface area contributed by atoms with Crippen LogP contribution < -0.4 is 5.32 Å². The molecule has 2 aromatic heterocycles. The van der Waals surface area contributed by atoms with Crippen LogP contribution in [0.15, 0.2) is 52.8 Å². The fourth-order valence-electron chi connectivity index (χ4n) is 2.60. The first-order valence-corrected chi connectivity index (χ1v) is 11.3. The zero-order chi connectivity index (χ0) is 21.1. The predicted molar refractivity (Wildman–Crippen MR) is 107 cm³/mol. The van der Waals surface area contributed by atoms with Crippen LogP contribution in [0.1, 0.15) is 24.1 Å². The number of nitrogens with one attached hydrogen (secondary N) is 2. The zero-order valence-corrected chi connectivity index (χ0v) is 17.0. The molecule has 1 saturated carbocycles. The summed E-state index contributed by atoms with van der Waals surface area (Å²) in [5, 5.41) is 12.1. The Labute approximate surface area is 174 Å². The average Bonchev–Trinajstić information content (AvgIpc) is 3.34. The van der Waals surface area contributed by atoms with Crippen LogP contribution in [0.25, 0.3) is 0 Å². The highest BCUT2D eigenvalue weighted by atomic mass is 32.2. The molecule has 0 spiro atoms. The minimum Gasteiger partial charge on any atom is -0.389 e. The molecule has 2 N–H and O–H groups in total. The summed E-state index contributed by atoms with van der Waals surface area (Å²) in [6, 6.07) is 7.51. The van der Waals surface area contributed by atoms with Crippen LogP contribution in [0.3, 0.4) is 0 Å². The molecule has 9 nitrogen and oxygen atoms in total. The quantitative estimate of drug-likeness (QED) is 0.402. The third-order valence-corrected chi connectivity index (χ3v) is 7.24. The molecule has 1 aliphatic rings. The Bertz CT molecular complexity index is 1170. The number of aromatic amines is 1. The van der Waals surface area contributed by atoms with Gasteiger partial charge in [-0.25, -0.2) is 13.4 Å². The van der Waals surface area contributed by atoms with Crippen molar-refractivity contribution in [3.63, 3.8) is 0 Å². The van der Waals surface area contributed by atoms with Crippen molar-refractivity contribution in [2.24, 2.45) is 5.16 Å². The highest BCUT2D eigenvalue weighted by molar-refractivity contribution is 7.92. The predicted octanol–water partition coefficient (Wildman–Crippen LogP) is 2.50. The molecule has 1 amide bonds. The first-order chi connectivity index (χ1) is 14.4. The second-order valence-corrected chi connectivity index (χ2v) is 9.68. The number of aromatic nitrogens is 3. The normalized spacial score (nSPS) is 14.5. The summed E-state index contributed by atoms with van der Waals surface area (Å²) in [6.45, 7) is 0.0142. The second kappa shape index (κ2) is 8.32. The molecular weight excluding hydrogens is 433 g/mol. The minimum absolute atomic E-state index is 0.0142. The van der Waals surface area contributed by atoms with E-state index in [-0.39, 0.29) is 27.6 Å². The zero-order valence-electron chi connectivity index (χ0n) is 15.4. The monoisotopic (exact) mass is 449 g/mol. The number of benzene rings is 1. The highest BCUT2D eigenvalue weighted by Gasteiger charge is 2.36. The molecule has 0 bridgehead atoms. The molecule has 3 aromatic rings. The van der Waals surface area contributed by atoms with Gasteiger partial charge in [0.2, 0.25) is 0 Å². The molecule has 30 heavy (non-hydrogen) atoms. The molecule has 4 rings (SSSR count). The first-order valence-electron chi connectivity index (χ1n) is 8.89. The number of H-pyrrole nitrogens is 1. The summed E-state index contributed by atoms with van der Waals surface area (Å²) >= 11 is 0.668. The van der Waals surface area contributed by atoms with Crippen LogP contribution in [0.2, 0.25) is 0 Å². The minimum atomic E-state index is -3.35. The van der Waals surface area contributed by atoms with Crippen molar-refractivity contribution >= 4 is 37.9 Å². The lowest BCUT2D eigenvalue weighted by molar-refractivity contribution is -0.110. The van der Waals surface area contributed by atoms with Gasteiger partial charge in [0.05, 0.1) is 16.3 Å². The number of carbonyl (C=O) groups is 1. The van der Waals surface area contributed by atoms with E-state index in [0.717, 1.165) is 6.20 Å². The Morgan fingerprint density at radius 1 is 1.30 bits per heavy atom. The number of carbonyl (C=O) groups excluding carboxylic acids is 1. The molecule has 156 valence electrons. The Balaban J connectivity index is 1.57. The van der Waals surface area contributed by atoms with Gasteiger partial charge < -0.3 is 4.84 Å². The lowest BCUT2D eigenvalue weighted by Crippen LogP contribution is -2.24. The van der Waals surface area contributed by atoms with Crippen molar-refractivity contribution in [3.8, 4) is 0 Å². The topological polar surface area (TPSA) is 126 Å². The number of halogens is 1. The number of hydrogen-bond donors (Lipinski definition) is 2. The lowest BCUT2D eigenvalue weighted by atomic mass is 10.1. The SMILES string of the molecule is O=C(Nc1ncc(F)s1)/C(=N/OCc1cc[nH]n1)c1ccc(S(=O)(=O)C2CC2)cc1. The van der Waals surface area contributed by atoms with Crippen LogP contribution in [-0.4, -0.2) is 40.5 Å². The Morgan fingerprint density at radius 2 is 2.07 bits per heavy atom. The number of nitrogens with zero attached hydrogens (tertiary/aromatic N) is 3. The summed E-state index contributed by atoms with van der Waals surface area (Å²) in [4.78, 5) is 21.9. The molecule has 1 aliphatic carbocycles. The van der Waals surface area contributed by atoms with E-state index in [1.54, 1.807) is 12.3 Å². The number of amides is 1. The number of oxime groups is 1. The summed E-state index contributed by atoms with van der Waals surface area (Å²) in [5.74, 6) is -0.677. The van der Waals surface area contributed by atoms with E-state index in [0.29, 0.717) is 35.4 Å². The van der Waals surface area contributed by atoms with Gasteiger partial charge in [0.15, 0.2) is 32.4 Å². The molecule has 1 fully saturated rings. The van der Waals surface area contributed by atoms with Crippen molar-refractivity contribution in [3.05, 3.63) is 59.1 Å². The largest absolute Gasteiger partial charge is 0.389 e. The summed E-state index contributed by atoms with van der Waals surface area (Å²) in [7, 11) is -3.35. The van der Waals surface area contributed by atoms with Crippen LogP contribution in [0.4, 0.5) is 9.52 Å². The van der Waals surface area contributed by atoms with E-state index >= 15 is 0 Å². The molecule has 2 heterocycles. The number of anilines is 1. The number of hydrogen-bond acceptors (Lipinski definition) is 8. The molecule has 0 aliphatic heterocycles. The second-order valence-electron chi connectivity index (χ2n) is 6.47. The lowest BCUT2D eigenvalue weighted by Gasteiger charge is -2.08. The number of sulfone groups is 1. The fourth-order valence-corrected chi connectivity index (χ4v) is 4.80. The van der Waals surface area contributed by atoms with Crippen molar-refractivity contribution < 1.29 is 22.4 Å². The van der Waals surface area contributed by atoms with E-state index < -0.39 is 20.9 Å². The number of rotatable bonds is 8. The maximum absolute atomic E-state index is 13.2. The molecule has 12 heteroatoms. The van der Waals surface area contributed by atoms with Crippen molar-refractivity contribution in [1.82, 2.24) is 15.2 Å². The molecule has 1 aromatic carbocycles. The van der Waals surface area contributed by atoms with Crippen LogP contribution in [-0.2, 0) is 26.1 Å². The molecule has 0 radical (unpaired) electrons. The maximum Gasteiger partial charge on any atom is 0.280 e. The Morgan fingerprint density at radius 3 is 2.67 bits per heavy atom. The van der Waals surface area contributed by atoms with Gasteiger partial charge in [-0.05, 0) is 31.0 Å². The van der Waals surface area contributed by atoms with Gasteiger partial charge in [0.25, 0.3) is 5.91 Å². The van der Waals surface area contributed by atoms with Crippen molar-refractivity contribution in [1.29, 1.82) is 0 Å². The third-order valence-electron chi connectivity index (χ3n) is 4.26. The summed E-state index contributed by atoms with van der Waals surface area (Å²) < 4.78 is 37.9. The smallest absolute Gasteiger partial charge is 0.280 e. The first kappa shape index (κ1) is 20.2. The Kier molecular flexibility index (Phi) is 5.59. The van der Waals surface area contributed by atoms with Gasteiger partial charge in [0, 0.05) is 11.8 Å². The van der Waals surface area contributed by atoms with E-state index in [2.05, 4.69) is 25.7 Å². The van der Waals surface area contributed by atoms with E-state index in [4.69, 9.17) is 4.84 Å². The van der Waals surface area contributed by atoms with Gasteiger partial charge in [-0.1, -0.05) is 28.6 Å². The van der Waals surface area contributed by atoms with E-state index in [9.17, 15) is 17.6 Å². The van der Waals surface area contributed by atoms with E-state index in [1.807, 2.05) is 0 Å². The van der Waals surface area contributed by atoms with Crippen LogP contribution >= 0.6 is 11.3 Å². The van der Waals surface area contributed by atoms with Gasteiger partial charge in [0.1, 0.15) is 5.69 Å². The molecule has 0 saturated heterocycles. The van der Waals surface area contributed by atoms with Crippen LogP contribution in [0, 0.1) is 5.13 Å². The standard InChI is InChI=1S/C18H16FN5O4S2/c19-15-9-20-18(29-15)22-17(25)16(24-28-10-12-7-8-21-23-12)11-1-3-13(4-2-11)30(26,27)14-5-6-14/h1-4,7-9,14H,5-6,10H2,(H,21,23)(H,20,22,25)/b24-16+. The van der Waals surface area contributed by atoms with E-state index in [1.165, 1.54) is 24.3 Å². The van der Waals surface area contributed by atoms with Crippen LogP contribution in [0.5, 0.6) is 0 Å².